The Morgan fingerprint density at radius 1 is 1.17 bits per heavy atom. The highest BCUT2D eigenvalue weighted by molar-refractivity contribution is 7.09. The van der Waals surface area contributed by atoms with Crippen molar-refractivity contribution in [1.82, 2.24) is 9.88 Å². The van der Waals surface area contributed by atoms with Crippen molar-refractivity contribution in [1.29, 1.82) is 0 Å². The summed E-state index contributed by atoms with van der Waals surface area (Å²) in [6, 6.07) is 13.3. The first-order valence-corrected chi connectivity index (χ1v) is 11.0. The van der Waals surface area contributed by atoms with E-state index in [1.807, 2.05) is 40.6 Å². The van der Waals surface area contributed by atoms with Crippen LogP contribution >= 0.6 is 11.3 Å². The van der Waals surface area contributed by atoms with E-state index in [0.717, 1.165) is 28.4 Å². The molecule has 0 aliphatic rings. The molecule has 0 unspecified atom stereocenters. The predicted octanol–water partition coefficient (Wildman–Crippen LogP) is 5.40. The van der Waals surface area contributed by atoms with Crippen LogP contribution in [0.15, 0.2) is 47.8 Å². The first-order chi connectivity index (χ1) is 14.5. The first kappa shape index (κ1) is 21.8. The summed E-state index contributed by atoms with van der Waals surface area (Å²) in [5.41, 5.74) is 3.85. The van der Waals surface area contributed by atoms with Crippen molar-refractivity contribution in [2.75, 3.05) is 13.7 Å². The second-order valence-electron chi connectivity index (χ2n) is 7.18. The molecule has 6 heteroatoms. The number of nitrogens with zero attached hydrogens (tertiary/aromatic N) is 2. The molecule has 0 fully saturated rings. The molecule has 1 amide bonds. The summed E-state index contributed by atoms with van der Waals surface area (Å²) in [4.78, 5) is 19.5. The second kappa shape index (κ2) is 10.3. The van der Waals surface area contributed by atoms with Crippen LogP contribution < -0.4 is 9.47 Å². The van der Waals surface area contributed by atoms with Crippen LogP contribution in [-0.4, -0.2) is 29.4 Å². The predicted molar refractivity (Wildman–Crippen MR) is 120 cm³/mol. The van der Waals surface area contributed by atoms with E-state index >= 15 is 0 Å². The van der Waals surface area contributed by atoms with Gasteiger partial charge in [0.1, 0.15) is 23.1 Å². The van der Waals surface area contributed by atoms with Gasteiger partial charge in [-0.25, -0.2) is 4.98 Å². The van der Waals surface area contributed by atoms with Gasteiger partial charge in [-0.05, 0) is 55.7 Å². The van der Waals surface area contributed by atoms with Crippen LogP contribution in [0.1, 0.15) is 45.5 Å². The Bertz CT molecular complexity index is 1000. The molecule has 0 saturated carbocycles. The molecule has 30 heavy (non-hydrogen) atoms. The zero-order chi connectivity index (χ0) is 21.5. The molecule has 5 nitrogen and oxygen atoms in total. The van der Waals surface area contributed by atoms with E-state index in [4.69, 9.17) is 9.47 Å². The summed E-state index contributed by atoms with van der Waals surface area (Å²) in [6.45, 7) is 7.77. The van der Waals surface area contributed by atoms with Crippen molar-refractivity contribution in [2.45, 2.75) is 40.3 Å². The Morgan fingerprint density at radius 3 is 2.73 bits per heavy atom. The summed E-state index contributed by atoms with van der Waals surface area (Å²) in [7, 11) is 1.60. The number of aryl methyl sites for hydroxylation is 1. The van der Waals surface area contributed by atoms with Gasteiger partial charge in [0.05, 0.1) is 19.3 Å². The number of ether oxygens (including phenoxy) is 2. The third-order valence-corrected chi connectivity index (χ3v) is 5.83. The molecule has 158 valence electrons. The van der Waals surface area contributed by atoms with Gasteiger partial charge in [0.2, 0.25) is 0 Å². The molecular formula is C24H28N2O3S. The lowest BCUT2D eigenvalue weighted by atomic mass is 10.1. The molecular weight excluding hydrogens is 396 g/mol. The van der Waals surface area contributed by atoms with Crippen LogP contribution in [0.3, 0.4) is 0 Å². The van der Waals surface area contributed by atoms with Crippen LogP contribution in [-0.2, 0) is 13.2 Å². The van der Waals surface area contributed by atoms with Gasteiger partial charge in [-0.3, -0.25) is 4.79 Å². The van der Waals surface area contributed by atoms with Gasteiger partial charge < -0.3 is 14.4 Å². The number of benzene rings is 2. The van der Waals surface area contributed by atoms with E-state index in [1.54, 1.807) is 24.5 Å². The fourth-order valence-corrected chi connectivity index (χ4v) is 3.86. The normalized spacial score (nSPS) is 10.7. The van der Waals surface area contributed by atoms with Crippen LogP contribution in [0.2, 0.25) is 0 Å². The topological polar surface area (TPSA) is 51.7 Å². The van der Waals surface area contributed by atoms with E-state index in [9.17, 15) is 4.79 Å². The van der Waals surface area contributed by atoms with Crippen molar-refractivity contribution in [3.05, 3.63) is 75.2 Å². The lowest BCUT2D eigenvalue weighted by Gasteiger charge is -2.21. The molecule has 0 atom stereocenters. The minimum atomic E-state index is -0.0167. The van der Waals surface area contributed by atoms with E-state index in [-0.39, 0.29) is 5.91 Å². The highest BCUT2D eigenvalue weighted by atomic mass is 32.1. The summed E-state index contributed by atoms with van der Waals surface area (Å²) in [6.07, 6.45) is 0.877. The standard InChI is InChI=1S/C24H28N2O3S/c1-5-12-26(24(27)19-9-7-10-21(13-19)28-4)14-20-16-30-23(25-20)15-29-22-11-6-8-17(2)18(22)3/h6-11,13,16H,5,12,14-15H2,1-4H3. The number of carbonyl (C=O) groups is 1. The average molecular weight is 425 g/mol. The van der Waals surface area contributed by atoms with Crippen LogP contribution in [0, 0.1) is 13.8 Å². The largest absolute Gasteiger partial charge is 0.497 e. The SMILES string of the molecule is CCCN(Cc1csc(COc2cccc(C)c2C)n1)C(=O)c1cccc(OC)c1. The maximum absolute atomic E-state index is 13.0. The number of aromatic nitrogens is 1. The van der Waals surface area contributed by atoms with Crippen LogP contribution in [0.4, 0.5) is 0 Å². The number of hydrogen-bond acceptors (Lipinski definition) is 5. The van der Waals surface area contributed by atoms with Gasteiger partial charge in [0.15, 0.2) is 0 Å². The summed E-state index contributed by atoms with van der Waals surface area (Å²) in [5, 5.41) is 2.90. The Labute approximate surface area is 182 Å². The van der Waals surface area contributed by atoms with Gasteiger partial charge in [-0.2, -0.15) is 0 Å². The molecule has 0 saturated heterocycles. The van der Waals surface area contributed by atoms with Crippen molar-refractivity contribution in [3.63, 3.8) is 0 Å². The van der Waals surface area contributed by atoms with E-state index in [1.165, 1.54) is 5.56 Å². The van der Waals surface area contributed by atoms with Crippen LogP contribution in [0.5, 0.6) is 11.5 Å². The zero-order valence-corrected chi connectivity index (χ0v) is 18.8. The summed E-state index contributed by atoms with van der Waals surface area (Å²) < 4.78 is 11.2. The van der Waals surface area contributed by atoms with Crippen molar-refractivity contribution in [2.24, 2.45) is 0 Å². The molecule has 0 radical (unpaired) electrons. The fraction of sp³-hybridized carbons (Fsp3) is 0.333. The maximum atomic E-state index is 13.0. The smallest absolute Gasteiger partial charge is 0.254 e. The molecule has 1 aromatic heterocycles. The maximum Gasteiger partial charge on any atom is 0.254 e. The second-order valence-corrected chi connectivity index (χ2v) is 8.12. The highest BCUT2D eigenvalue weighted by Crippen LogP contribution is 2.23. The number of amides is 1. The van der Waals surface area contributed by atoms with Crippen molar-refractivity contribution >= 4 is 17.2 Å². The molecule has 0 N–H and O–H groups in total. The number of rotatable bonds is 9. The molecule has 3 aromatic rings. The van der Waals surface area contributed by atoms with E-state index in [2.05, 4.69) is 31.8 Å². The Morgan fingerprint density at radius 2 is 1.97 bits per heavy atom. The van der Waals surface area contributed by atoms with Crippen molar-refractivity contribution < 1.29 is 14.3 Å². The molecule has 2 aromatic carbocycles. The first-order valence-electron chi connectivity index (χ1n) is 10.1. The zero-order valence-electron chi connectivity index (χ0n) is 18.0. The minimum Gasteiger partial charge on any atom is -0.497 e. The summed E-state index contributed by atoms with van der Waals surface area (Å²) in [5.74, 6) is 1.54. The van der Waals surface area contributed by atoms with Crippen molar-refractivity contribution in [3.8, 4) is 11.5 Å². The highest BCUT2D eigenvalue weighted by Gasteiger charge is 2.17. The molecule has 0 spiro atoms. The van der Waals surface area contributed by atoms with Gasteiger partial charge >= 0.3 is 0 Å². The van der Waals surface area contributed by atoms with E-state index < -0.39 is 0 Å². The third-order valence-electron chi connectivity index (χ3n) is 4.96. The Kier molecular flexibility index (Phi) is 7.46. The lowest BCUT2D eigenvalue weighted by molar-refractivity contribution is 0.0741. The lowest BCUT2D eigenvalue weighted by Crippen LogP contribution is -2.31. The molecule has 0 aliphatic heterocycles. The average Bonchev–Trinajstić information content (AvgIpc) is 3.21. The molecule has 0 bridgehead atoms. The van der Waals surface area contributed by atoms with E-state index in [0.29, 0.717) is 31.0 Å². The third kappa shape index (κ3) is 5.39. The number of methoxy groups -OCH3 is 1. The fourth-order valence-electron chi connectivity index (χ4n) is 3.16. The van der Waals surface area contributed by atoms with Gasteiger partial charge in [0, 0.05) is 17.5 Å². The summed E-state index contributed by atoms with van der Waals surface area (Å²) >= 11 is 1.56. The van der Waals surface area contributed by atoms with Crippen LogP contribution in [0.25, 0.3) is 0 Å². The van der Waals surface area contributed by atoms with Gasteiger partial charge in [0.25, 0.3) is 5.91 Å². The number of thiazole rings is 1. The molecule has 3 rings (SSSR count). The quantitative estimate of drug-likeness (QED) is 0.461. The monoisotopic (exact) mass is 424 g/mol. The number of hydrogen-bond donors (Lipinski definition) is 0. The Hall–Kier alpha value is -2.86. The van der Waals surface area contributed by atoms with Gasteiger partial charge in [-0.15, -0.1) is 11.3 Å². The molecule has 0 aliphatic carbocycles. The molecule has 1 heterocycles. The van der Waals surface area contributed by atoms with Gasteiger partial charge in [-0.1, -0.05) is 25.1 Å². The number of carbonyl (C=O) groups excluding carboxylic acids is 1. The Balaban J connectivity index is 1.67. The minimum absolute atomic E-state index is 0.0167.